The highest BCUT2D eigenvalue weighted by molar-refractivity contribution is 5.92. The van der Waals surface area contributed by atoms with Crippen LogP contribution in [0.2, 0.25) is 0 Å². The zero-order chi connectivity index (χ0) is 32.8. The van der Waals surface area contributed by atoms with Crippen LogP contribution in [0.15, 0.2) is 72.9 Å². The van der Waals surface area contributed by atoms with Gasteiger partial charge in [-0.1, -0.05) is 43.7 Å². The summed E-state index contributed by atoms with van der Waals surface area (Å²) < 4.78 is 93.7. The highest BCUT2D eigenvalue weighted by Gasteiger charge is 2.37. The molecule has 3 amide bonds. The predicted molar refractivity (Wildman–Crippen MR) is 156 cm³/mol. The third-order valence-corrected chi connectivity index (χ3v) is 7.20. The third kappa shape index (κ3) is 8.99. The maximum atomic E-state index is 13.7. The summed E-state index contributed by atoms with van der Waals surface area (Å²) in [5.74, 6) is -0.966. The maximum absolute atomic E-state index is 13.7. The lowest BCUT2D eigenvalue weighted by molar-refractivity contribution is -0.143. The van der Waals surface area contributed by atoms with Gasteiger partial charge in [-0.3, -0.25) is 4.79 Å². The van der Waals surface area contributed by atoms with Crippen LogP contribution in [0.3, 0.4) is 0 Å². The summed E-state index contributed by atoms with van der Waals surface area (Å²) in [6.45, 7) is 1.64. The van der Waals surface area contributed by atoms with E-state index < -0.39 is 53.5 Å². The summed E-state index contributed by atoms with van der Waals surface area (Å²) in [4.78, 5) is 32.6. The first kappa shape index (κ1) is 33.3. The number of hydrogen-bond acceptors (Lipinski definition) is 2. The first-order valence-electron chi connectivity index (χ1n) is 14.2. The van der Waals surface area contributed by atoms with E-state index in [1.807, 2.05) is 37.4 Å². The fourth-order valence-corrected chi connectivity index (χ4v) is 4.79. The number of H-pyrrole nitrogens is 1. The second-order valence-corrected chi connectivity index (χ2v) is 10.6. The Morgan fingerprint density at radius 2 is 1.49 bits per heavy atom. The van der Waals surface area contributed by atoms with Crippen LogP contribution in [0, 0.1) is 5.82 Å². The van der Waals surface area contributed by atoms with E-state index in [-0.39, 0.29) is 25.7 Å². The van der Waals surface area contributed by atoms with Crippen LogP contribution in [0.1, 0.15) is 42.0 Å². The van der Waals surface area contributed by atoms with Gasteiger partial charge in [0.2, 0.25) is 5.91 Å². The van der Waals surface area contributed by atoms with Gasteiger partial charge in [-0.25, -0.2) is 9.18 Å². The minimum atomic E-state index is -5.09. The Bertz CT molecular complexity index is 1580. The third-order valence-electron chi connectivity index (χ3n) is 7.20. The van der Waals surface area contributed by atoms with Gasteiger partial charge in [0.1, 0.15) is 12.4 Å². The summed E-state index contributed by atoms with van der Waals surface area (Å²) in [6.07, 6.45) is -6.91. The molecule has 240 valence electrons. The molecule has 4 rings (SSSR count). The van der Waals surface area contributed by atoms with Crippen LogP contribution in [-0.4, -0.2) is 46.4 Å². The Kier molecular flexibility index (Phi) is 10.4. The topological polar surface area (TPSA) is 68.4 Å². The van der Waals surface area contributed by atoms with E-state index in [1.54, 1.807) is 0 Å². The molecule has 0 spiro atoms. The van der Waals surface area contributed by atoms with Crippen LogP contribution < -0.4 is 5.32 Å². The van der Waals surface area contributed by atoms with Crippen LogP contribution in [0.25, 0.3) is 10.9 Å². The van der Waals surface area contributed by atoms with Crippen molar-refractivity contribution in [3.63, 3.8) is 0 Å². The lowest BCUT2D eigenvalue weighted by Crippen LogP contribution is -2.45. The van der Waals surface area contributed by atoms with Crippen LogP contribution in [0.5, 0.6) is 0 Å². The smallest absolute Gasteiger partial charge is 0.361 e. The first-order chi connectivity index (χ1) is 21.2. The number of aromatic nitrogens is 1. The number of rotatable bonds is 11. The normalized spacial score (nSPS) is 11.9. The quantitative estimate of drug-likeness (QED) is 0.163. The zero-order valence-electron chi connectivity index (χ0n) is 24.2. The summed E-state index contributed by atoms with van der Waals surface area (Å²) in [5.41, 5.74) is -1.39. The van der Waals surface area contributed by atoms with Gasteiger partial charge in [-0.2, -0.15) is 26.3 Å². The molecule has 6 nitrogen and oxygen atoms in total. The molecule has 2 N–H and O–H groups in total. The lowest BCUT2D eigenvalue weighted by atomic mass is 10.1. The second-order valence-electron chi connectivity index (χ2n) is 10.6. The maximum Gasteiger partial charge on any atom is 0.416 e. The van der Waals surface area contributed by atoms with Crippen molar-refractivity contribution in [1.29, 1.82) is 0 Å². The monoisotopic (exact) mass is 636 g/mol. The van der Waals surface area contributed by atoms with Crippen molar-refractivity contribution in [2.24, 2.45) is 0 Å². The van der Waals surface area contributed by atoms with Gasteiger partial charge in [0, 0.05) is 42.4 Å². The minimum Gasteiger partial charge on any atom is -0.361 e. The lowest BCUT2D eigenvalue weighted by Gasteiger charge is -2.28. The molecule has 3 aromatic carbocycles. The van der Waals surface area contributed by atoms with Crippen LogP contribution in [-0.2, 0) is 30.1 Å². The largest absolute Gasteiger partial charge is 0.416 e. The molecular formula is C32H31F7N4O2. The number of nitrogens with one attached hydrogen (secondary N) is 2. The molecule has 0 bridgehead atoms. The molecule has 1 aromatic heterocycles. The van der Waals surface area contributed by atoms with Crippen molar-refractivity contribution in [1.82, 2.24) is 14.8 Å². The van der Waals surface area contributed by atoms with E-state index in [9.17, 15) is 40.3 Å². The van der Waals surface area contributed by atoms with E-state index in [0.717, 1.165) is 21.4 Å². The highest BCUT2D eigenvalue weighted by atomic mass is 19.4. The number of amides is 3. The number of benzene rings is 3. The number of para-hydroxylation sites is 1. The van der Waals surface area contributed by atoms with Gasteiger partial charge >= 0.3 is 18.4 Å². The molecule has 0 fully saturated rings. The van der Waals surface area contributed by atoms with Crippen molar-refractivity contribution >= 4 is 28.5 Å². The molecule has 0 aliphatic carbocycles. The minimum absolute atomic E-state index is 0.0198. The summed E-state index contributed by atoms with van der Waals surface area (Å²) in [5, 5.41) is 3.09. The Labute approximate surface area is 254 Å². The van der Waals surface area contributed by atoms with E-state index in [1.165, 1.54) is 29.2 Å². The fraction of sp³-hybridized carbons (Fsp3) is 0.312. The molecule has 0 radical (unpaired) electrons. The van der Waals surface area contributed by atoms with Gasteiger partial charge in [0.15, 0.2) is 0 Å². The van der Waals surface area contributed by atoms with Crippen molar-refractivity contribution in [2.75, 3.05) is 25.0 Å². The molecular weight excluding hydrogens is 605 g/mol. The molecule has 0 unspecified atom stereocenters. The molecule has 1 heterocycles. The summed E-state index contributed by atoms with van der Waals surface area (Å²) in [7, 11) is 0. The number of alkyl halides is 6. The summed E-state index contributed by atoms with van der Waals surface area (Å²) in [6, 6.07) is 12.9. The molecule has 0 saturated carbocycles. The second kappa shape index (κ2) is 14.0. The fourth-order valence-electron chi connectivity index (χ4n) is 4.79. The molecule has 0 atom stereocenters. The number of fused-ring (bicyclic) bond motifs is 1. The van der Waals surface area contributed by atoms with E-state index in [2.05, 4.69) is 10.3 Å². The van der Waals surface area contributed by atoms with Crippen LogP contribution >= 0.6 is 0 Å². The molecule has 0 aliphatic heterocycles. The number of unbranched alkanes of at least 4 members (excludes halogenated alkanes) is 1. The number of anilines is 1. The van der Waals surface area contributed by atoms with Crippen molar-refractivity contribution in [3.05, 3.63) is 101 Å². The van der Waals surface area contributed by atoms with E-state index in [0.29, 0.717) is 37.0 Å². The molecule has 0 saturated heterocycles. The summed E-state index contributed by atoms with van der Waals surface area (Å²) >= 11 is 0. The first-order valence-corrected chi connectivity index (χ1v) is 14.2. The van der Waals surface area contributed by atoms with E-state index >= 15 is 0 Å². The van der Waals surface area contributed by atoms with Gasteiger partial charge in [-0.05, 0) is 60.4 Å². The van der Waals surface area contributed by atoms with Crippen molar-refractivity contribution in [3.8, 4) is 0 Å². The van der Waals surface area contributed by atoms with Crippen molar-refractivity contribution in [2.45, 2.75) is 45.1 Å². The predicted octanol–water partition coefficient (Wildman–Crippen LogP) is 8.25. The van der Waals surface area contributed by atoms with Gasteiger partial charge in [0.05, 0.1) is 11.1 Å². The zero-order valence-corrected chi connectivity index (χ0v) is 24.2. The average Bonchev–Trinajstić information content (AvgIpc) is 3.40. The number of carbonyl (C=O) groups excluding carboxylic acids is 2. The number of carbonyl (C=O) groups is 2. The number of aromatic amines is 1. The molecule has 13 heteroatoms. The average molecular weight is 637 g/mol. The molecule has 0 aliphatic rings. The molecule has 45 heavy (non-hydrogen) atoms. The SMILES string of the molecule is CCCCN(CC(=O)N(CCc1c[nH]c2ccccc12)Cc1ccc(F)cc1)C(=O)Nc1cc(C(F)(F)F)cc(C(F)(F)F)c1. The number of urea groups is 1. The van der Waals surface area contributed by atoms with E-state index in [4.69, 9.17) is 0 Å². The standard InChI is InChI=1S/C32H31F7N4O2/c1-2-3-13-43(30(45)41-26-16-23(31(34,35)36)15-24(17-26)32(37,38)39)20-29(44)42(19-21-8-10-25(33)11-9-21)14-12-22-18-40-28-7-5-4-6-27(22)28/h4-11,15-18,40H,2-3,12-14,19-20H2,1H3,(H,41,45). The number of hydrogen-bond donors (Lipinski definition) is 2. The van der Waals surface area contributed by atoms with Crippen molar-refractivity contribution < 1.29 is 40.3 Å². The Balaban J connectivity index is 1.56. The van der Waals surface area contributed by atoms with Crippen LogP contribution in [0.4, 0.5) is 41.2 Å². The Hall–Kier alpha value is -4.55. The van der Waals surface area contributed by atoms with Gasteiger partial charge in [-0.15, -0.1) is 0 Å². The Morgan fingerprint density at radius 1 is 0.844 bits per heavy atom. The number of nitrogens with zero attached hydrogens (tertiary/aromatic N) is 2. The molecule has 4 aromatic rings. The Morgan fingerprint density at radius 3 is 2.11 bits per heavy atom. The number of halogens is 7. The highest BCUT2D eigenvalue weighted by Crippen LogP contribution is 2.37. The van der Waals surface area contributed by atoms with Gasteiger partial charge in [0.25, 0.3) is 0 Å². The van der Waals surface area contributed by atoms with Gasteiger partial charge < -0.3 is 20.1 Å².